The first-order valence-corrected chi connectivity index (χ1v) is 10.6. The first kappa shape index (κ1) is 21.0. The van der Waals surface area contributed by atoms with Crippen molar-refractivity contribution in [3.63, 3.8) is 0 Å². The molecule has 0 radical (unpaired) electrons. The Balaban J connectivity index is 1.74. The Labute approximate surface area is 173 Å². The zero-order valence-electron chi connectivity index (χ0n) is 16.4. The van der Waals surface area contributed by atoms with Crippen molar-refractivity contribution < 1.29 is 24.0 Å². The maximum absolute atomic E-state index is 12.6. The number of benzene rings is 1. The van der Waals surface area contributed by atoms with Crippen LogP contribution in [-0.4, -0.2) is 44.0 Å². The summed E-state index contributed by atoms with van der Waals surface area (Å²) in [6.45, 7) is 3.62. The lowest BCUT2D eigenvalue weighted by Gasteiger charge is -2.27. The number of likely N-dealkylation sites (tertiary alicyclic amines) is 1. The summed E-state index contributed by atoms with van der Waals surface area (Å²) in [7, 11) is 0. The van der Waals surface area contributed by atoms with Crippen molar-refractivity contribution in [2.75, 3.05) is 31.6 Å². The molecule has 1 aromatic carbocycles. The van der Waals surface area contributed by atoms with Crippen molar-refractivity contribution in [1.82, 2.24) is 0 Å². The molecule has 0 saturated carbocycles. The topological polar surface area (TPSA) is 103 Å². The lowest BCUT2D eigenvalue weighted by molar-refractivity contribution is -0.899. The first-order valence-electron chi connectivity index (χ1n) is 9.77. The van der Waals surface area contributed by atoms with E-state index in [2.05, 4.69) is 5.32 Å². The molecule has 0 aliphatic carbocycles. The molecule has 1 saturated heterocycles. The first-order chi connectivity index (χ1) is 14.0. The number of esters is 1. The summed E-state index contributed by atoms with van der Waals surface area (Å²) < 4.78 is 5.15. The van der Waals surface area contributed by atoms with Gasteiger partial charge in [-0.1, -0.05) is 30.3 Å². The lowest BCUT2D eigenvalue weighted by atomic mass is 9.97. The van der Waals surface area contributed by atoms with Crippen LogP contribution in [0.15, 0.2) is 36.4 Å². The maximum atomic E-state index is 12.6. The van der Waals surface area contributed by atoms with Crippen LogP contribution >= 0.6 is 11.3 Å². The second kappa shape index (κ2) is 9.67. The Morgan fingerprint density at radius 3 is 2.72 bits per heavy atom. The number of carbonyl (C=O) groups excluding carboxylic acids is 3. The number of primary amides is 1. The fourth-order valence-electron chi connectivity index (χ4n) is 3.54. The molecule has 2 aromatic rings. The van der Waals surface area contributed by atoms with E-state index in [1.54, 1.807) is 13.0 Å². The molecule has 154 valence electrons. The number of amides is 2. The second-order valence-corrected chi connectivity index (χ2v) is 8.16. The number of rotatable bonds is 7. The highest BCUT2D eigenvalue weighted by Crippen LogP contribution is 2.35. The van der Waals surface area contributed by atoms with Gasteiger partial charge in [0.2, 0.25) is 5.91 Å². The number of piperidine rings is 1. The molecule has 2 atom stereocenters. The van der Waals surface area contributed by atoms with Gasteiger partial charge in [0.05, 0.1) is 31.2 Å². The van der Waals surface area contributed by atoms with Gasteiger partial charge >= 0.3 is 5.97 Å². The summed E-state index contributed by atoms with van der Waals surface area (Å²) in [6.07, 6.45) is 1.64. The average molecular weight is 417 g/mol. The van der Waals surface area contributed by atoms with Crippen molar-refractivity contribution in [2.45, 2.75) is 19.8 Å². The van der Waals surface area contributed by atoms with E-state index in [4.69, 9.17) is 10.5 Å². The molecular weight excluding hydrogens is 390 g/mol. The zero-order chi connectivity index (χ0) is 20.8. The Morgan fingerprint density at radius 1 is 1.28 bits per heavy atom. The minimum absolute atomic E-state index is 0.187. The van der Waals surface area contributed by atoms with E-state index < -0.39 is 5.97 Å². The summed E-state index contributed by atoms with van der Waals surface area (Å²) in [5, 5.41) is 3.35. The minimum Gasteiger partial charge on any atom is -0.462 e. The standard InChI is InChI=1S/C21H25N3O4S/c1-2-28-21(27)16-11-17(14-7-4-3-5-8-14)29-20(16)23-18(25)13-24-10-6-9-15(12-24)19(22)26/h3-5,7-8,11,15H,2,6,9-10,12-13H2,1H3,(H2,22,26)(H,23,25)/p+1/t15-/m1/s1. The number of nitrogens with two attached hydrogens (primary N) is 1. The summed E-state index contributed by atoms with van der Waals surface area (Å²) >= 11 is 1.35. The number of quaternary nitrogens is 1. The quantitative estimate of drug-likeness (QED) is 0.592. The van der Waals surface area contributed by atoms with Crippen LogP contribution in [0.2, 0.25) is 0 Å². The molecule has 1 aromatic heterocycles. The summed E-state index contributed by atoms with van der Waals surface area (Å²) in [5.74, 6) is -1.15. The van der Waals surface area contributed by atoms with Crippen molar-refractivity contribution >= 4 is 34.1 Å². The van der Waals surface area contributed by atoms with Gasteiger partial charge in [0.1, 0.15) is 5.00 Å². The Morgan fingerprint density at radius 2 is 2.03 bits per heavy atom. The number of nitrogens with one attached hydrogen (secondary N) is 2. The summed E-state index contributed by atoms with van der Waals surface area (Å²) in [6, 6.07) is 11.4. The van der Waals surface area contributed by atoms with Crippen LogP contribution in [-0.2, 0) is 14.3 Å². The predicted molar refractivity (Wildman–Crippen MR) is 112 cm³/mol. The summed E-state index contributed by atoms with van der Waals surface area (Å²) in [4.78, 5) is 38.4. The van der Waals surface area contributed by atoms with Gasteiger partial charge in [0.25, 0.3) is 5.91 Å². The average Bonchev–Trinajstić information content (AvgIpc) is 3.12. The van der Waals surface area contributed by atoms with Crippen LogP contribution in [0.4, 0.5) is 5.00 Å². The number of thiophene rings is 1. The number of hydrogen-bond donors (Lipinski definition) is 3. The van der Waals surface area contributed by atoms with Gasteiger partial charge in [0.15, 0.2) is 6.54 Å². The molecule has 2 amide bonds. The molecule has 1 aliphatic heterocycles. The fraction of sp³-hybridized carbons (Fsp3) is 0.381. The van der Waals surface area contributed by atoms with E-state index in [1.165, 1.54) is 11.3 Å². The van der Waals surface area contributed by atoms with Crippen molar-refractivity contribution in [2.24, 2.45) is 11.7 Å². The fourth-order valence-corrected chi connectivity index (χ4v) is 4.61. The van der Waals surface area contributed by atoms with Crippen molar-refractivity contribution in [3.05, 3.63) is 42.0 Å². The molecule has 4 N–H and O–H groups in total. The van der Waals surface area contributed by atoms with E-state index in [0.29, 0.717) is 17.1 Å². The van der Waals surface area contributed by atoms with Crippen LogP contribution in [0.3, 0.4) is 0 Å². The molecule has 2 heterocycles. The number of anilines is 1. The highest BCUT2D eigenvalue weighted by atomic mass is 32.1. The molecule has 3 rings (SSSR count). The highest BCUT2D eigenvalue weighted by molar-refractivity contribution is 7.20. The predicted octanol–water partition coefficient (Wildman–Crippen LogP) is 1.31. The Hall–Kier alpha value is -2.71. The zero-order valence-corrected chi connectivity index (χ0v) is 17.2. The molecule has 8 heteroatoms. The van der Waals surface area contributed by atoms with Gasteiger partial charge in [-0.15, -0.1) is 11.3 Å². The third-order valence-corrected chi connectivity index (χ3v) is 6.07. The SMILES string of the molecule is CCOC(=O)c1cc(-c2ccccc2)sc1NC(=O)C[NH+]1CCC[C@@H](C(N)=O)C1. The number of ether oxygens (including phenoxy) is 1. The Bertz CT molecular complexity index is 881. The van der Waals surface area contributed by atoms with Crippen LogP contribution < -0.4 is 16.0 Å². The van der Waals surface area contributed by atoms with Crippen molar-refractivity contribution in [3.8, 4) is 10.4 Å². The van der Waals surface area contributed by atoms with Crippen molar-refractivity contribution in [1.29, 1.82) is 0 Å². The van der Waals surface area contributed by atoms with Gasteiger partial charge in [-0.25, -0.2) is 4.79 Å². The highest BCUT2D eigenvalue weighted by Gasteiger charge is 2.29. The van der Waals surface area contributed by atoms with Gasteiger partial charge in [-0.2, -0.15) is 0 Å². The number of hydrogen-bond acceptors (Lipinski definition) is 5. The van der Waals surface area contributed by atoms with Crippen LogP contribution in [0.1, 0.15) is 30.1 Å². The normalized spacial score (nSPS) is 18.8. The van der Waals surface area contributed by atoms with E-state index in [0.717, 1.165) is 34.7 Å². The maximum Gasteiger partial charge on any atom is 0.341 e. The molecule has 0 spiro atoms. The molecule has 1 fully saturated rings. The molecule has 0 bridgehead atoms. The molecular formula is C21H26N3O4S+. The molecule has 7 nitrogen and oxygen atoms in total. The molecule has 1 unspecified atom stereocenters. The smallest absolute Gasteiger partial charge is 0.341 e. The summed E-state index contributed by atoms with van der Waals surface area (Å²) in [5.41, 5.74) is 6.74. The van der Waals surface area contributed by atoms with Gasteiger partial charge in [-0.3, -0.25) is 9.59 Å². The monoisotopic (exact) mass is 416 g/mol. The van der Waals surface area contributed by atoms with E-state index in [-0.39, 0.29) is 30.9 Å². The second-order valence-electron chi connectivity index (χ2n) is 7.11. The minimum atomic E-state index is -0.458. The van der Waals surface area contributed by atoms with Crippen LogP contribution in [0, 0.1) is 5.92 Å². The van der Waals surface area contributed by atoms with E-state index >= 15 is 0 Å². The Kier molecular flexibility index (Phi) is 7.00. The van der Waals surface area contributed by atoms with Crippen LogP contribution in [0.5, 0.6) is 0 Å². The van der Waals surface area contributed by atoms with Gasteiger partial charge < -0.3 is 20.7 Å². The van der Waals surface area contributed by atoms with E-state index in [9.17, 15) is 14.4 Å². The number of carbonyl (C=O) groups is 3. The lowest BCUT2D eigenvalue weighted by Crippen LogP contribution is -3.14. The van der Waals surface area contributed by atoms with Crippen LogP contribution in [0.25, 0.3) is 10.4 Å². The van der Waals surface area contributed by atoms with E-state index in [1.807, 2.05) is 30.3 Å². The third-order valence-electron chi connectivity index (χ3n) is 4.97. The van der Waals surface area contributed by atoms with Gasteiger partial charge in [-0.05, 0) is 31.4 Å². The molecule has 1 aliphatic rings. The molecule has 29 heavy (non-hydrogen) atoms. The van der Waals surface area contributed by atoms with Gasteiger partial charge in [0, 0.05) is 4.88 Å². The largest absolute Gasteiger partial charge is 0.462 e. The third kappa shape index (κ3) is 5.42.